The molecule has 2 rings (SSSR count). The van der Waals surface area contributed by atoms with Crippen LogP contribution in [-0.4, -0.2) is 17.4 Å². The molecule has 0 fully saturated rings. The van der Waals surface area contributed by atoms with Crippen LogP contribution in [0.3, 0.4) is 0 Å². The number of likely N-dealkylation sites (N-methyl/N-ethyl adjacent to an activating group) is 1. The molecule has 0 unspecified atom stereocenters. The van der Waals surface area contributed by atoms with Crippen molar-refractivity contribution in [2.75, 3.05) is 6.54 Å². The Morgan fingerprint density at radius 1 is 1.30 bits per heavy atom. The predicted octanol–water partition coefficient (Wildman–Crippen LogP) is 4.46. The molecule has 0 spiro atoms. The lowest BCUT2D eigenvalue weighted by Gasteiger charge is -2.18. The smallest absolute Gasteiger partial charge is 0.246 e. The molecule has 2 aromatic rings. The van der Waals surface area contributed by atoms with E-state index in [4.69, 9.17) is 11.6 Å². The Hall–Kier alpha value is -1.58. The zero-order valence-corrected chi connectivity index (χ0v) is 12.8. The van der Waals surface area contributed by atoms with Crippen LogP contribution in [0.15, 0.2) is 47.9 Å². The van der Waals surface area contributed by atoms with Gasteiger partial charge in [-0.1, -0.05) is 29.8 Å². The quantitative estimate of drug-likeness (QED) is 0.747. The molecule has 0 aliphatic carbocycles. The first kappa shape index (κ1) is 14.8. The van der Waals surface area contributed by atoms with E-state index in [1.165, 1.54) is 4.88 Å². The van der Waals surface area contributed by atoms with Gasteiger partial charge in [0.15, 0.2) is 0 Å². The first-order chi connectivity index (χ1) is 9.69. The van der Waals surface area contributed by atoms with Crippen LogP contribution in [0.2, 0.25) is 5.02 Å². The van der Waals surface area contributed by atoms with Gasteiger partial charge in [-0.25, -0.2) is 0 Å². The molecular formula is C16H16ClNOS. The summed E-state index contributed by atoms with van der Waals surface area (Å²) >= 11 is 7.50. The second-order valence-electron chi connectivity index (χ2n) is 4.32. The molecule has 0 aliphatic rings. The third-order valence-electron chi connectivity index (χ3n) is 2.91. The SMILES string of the molecule is CCN(Cc1cccs1)C(=O)/C=C/c1ccc(Cl)cc1. The van der Waals surface area contributed by atoms with Crippen LogP contribution in [0.25, 0.3) is 6.08 Å². The largest absolute Gasteiger partial charge is 0.334 e. The van der Waals surface area contributed by atoms with Crippen LogP contribution >= 0.6 is 22.9 Å². The molecule has 0 atom stereocenters. The van der Waals surface area contributed by atoms with Gasteiger partial charge in [0.05, 0.1) is 6.54 Å². The van der Waals surface area contributed by atoms with Crippen molar-refractivity contribution in [3.8, 4) is 0 Å². The van der Waals surface area contributed by atoms with Gasteiger partial charge in [-0.2, -0.15) is 0 Å². The van der Waals surface area contributed by atoms with E-state index in [2.05, 4.69) is 0 Å². The van der Waals surface area contributed by atoms with Gasteiger partial charge in [0.1, 0.15) is 0 Å². The maximum atomic E-state index is 12.2. The lowest BCUT2D eigenvalue weighted by atomic mass is 10.2. The van der Waals surface area contributed by atoms with E-state index >= 15 is 0 Å². The summed E-state index contributed by atoms with van der Waals surface area (Å²) in [4.78, 5) is 15.2. The van der Waals surface area contributed by atoms with Crippen molar-refractivity contribution >= 4 is 34.9 Å². The number of amides is 1. The molecule has 1 heterocycles. The summed E-state index contributed by atoms with van der Waals surface area (Å²) < 4.78 is 0. The Morgan fingerprint density at radius 2 is 2.05 bits per heavy atom. The van der Waals surface area contributed by atoms with Crippen LogP contribution in [0.4, 0.5) is 0 Å². The van der Waals surface area contributed by atoms with Gasteiger partial charge in [-0.15, -0.1) is 11.3 Å². The standard InChI is InChI=1S/C16H16ClNOS/c1-2-18(12-15-4-3-11-20-15)16(19)10-7-13-5-8-14(17)9-6-13/h3-11H,2,12H2,1H3/b10-7+. The highest BCUT2D eigenvalue weighted by Crippen LogP contribution is 2.13. The minimum atomic E-state index is 0.0239. The molecule has 2 nitrogen and oxygen atoms in total. The van der Waals surface area contributed by atoms with Gasteiger partial charge in [-0.05, 0) is 42.1 Å². The van der Waals surface area contributed by atoms with Crippen molar-refractivity contribution in [1.82, 2.24) is 4.90 Å². The van der Waals surface area contributed by atoms with Gasteiger partial charge in [0, 0.05) is 22.5 Å². The number of hydrogen-bond acceptors (Lipinski definition) is 2. The summed E-state index contributed by atoms with van der Waals surface area (Å²) in [6.07, 6.45) is 3.43. The minimum absolute atomic E-state index is 0.0239. The molecular weight excluding hydrogens is 290 g/mol. The fourth-order valence-corrected chi connectivity index (χ4v) is 2.63. The van der Waals surface area contributed by atoms with E-state index in [1.807, 2.05) is 59.7 Å². The summed E-state index contributed by atoms with van der Waals surface area (Å²) in [5.74, 6) is 0.0239. The minimum Gasteiger partial charge on any atom is -0.334 e. The molecule has 0 saturated carbocycles. The average molecular weight is 306 g/mol. The van der Waals surface area contributed by atoms with Crippen molar-refractivity contribution in [2.24, 2.45) is 0 Å². The first-order valence-electron chi connectivity index (χ1n) is 6.44. The Bertz CT molecular complexity index is 575. The topological polar surface area (TPSA) is 20.3 Å². The number of halogens is 1. The molecule has 1 aromatic carbocycles. The Balaban J connectivity index is 2.00. The van der Waals surface area contributed by atoms with Gasteiger partial charge in [0.25, 0.3) is 0 Å². The van der Waals surface area contributed by atoms with Crippen molar-refractivity contribution in [3.63, 3.8) is 0 Å². The summed E-state index contributed by atoms with van der Waals surface area (Å²) in [7, 11) is 0. The molecule has 0 aliphatic heterocycles. The van der Waals surface area contributed by atoms with E-state index in [-0.39, 0.29) is 5.91 Å². The third kappa shape index (κ3) is 4.22. The summed E-state index contributed by atoms with van der Waals surface area (Å²) in [6.45, 7) is 3.35. The zero-order chi connectivity index (χ0) is 14.4. The highest BCUT2D eigenvalue weighted by Gasteiger charge is 2.09. The van der Waals surface area contributed by atoms with Crippen molar-refractivity contribution < 1.29 is 4.79 Å². The zero-order valence-electron chi connectivity index (χ0n) is 11.3. The molecule has 104 valence electrons. The molecule has 1 aromatic heterocycles. The lowest BCUT2D eigenvalue weighted by Crippen LogP contribution is -2.28. The van der Waals surface area contributed by atoms with E-state index < -0.39 is 0 Å². The molecule has 20 heavy (non-hydrogen) atoms. The molecule has 1 amide bonds. The highest BCUT2D eigenvalue weighted by atomic mass is 35.5. The third-order valence-corrected chi connectivity index (χ3v) is 4.02. The number of thiophene rings is 1. The number of hydrogen-bond donors (Lipinski definition) is 0. The summed E-state index contributed by atoms with van der Waals surface area (Å²) in [5.41, 5.74) is 0.968. The van der Waals surface area contributed by atoms with Crippen LogP contribution < -0.4 is 0 Å². The fraction of sp³-hybridized carbons (Fsp3) is 0.188. The first-order valence-corrected chi connectivity index (χ1v) is 7.69. The normalized spacial score (nSPS) is 10.9. The Morgan fingerprint density at radius 3 is 2.65 bits per heavy atom. The van der Waals surface area contributed by atoms with Crippen molar-refractivity contribution in [3.05, 3.63) is 63.3 Å². The van der Waals surface area contributed by atoms with Gasteiger partial charge < -0.3 is 4.90 Å². The predicted molar refractivity (Wildman–Crippen MR) is 85.9 cm³/mol. The van der Waals surface area contributed by atoms with Crippen molar-refractivity contribution in [1.29, 1.82) is 0 Å². The Labute approximate surface area is 128 Å². The van der Waals surface area contributed by atoms with E-state index in [1.54, 1.807) is 17.4 Å². The monoisotopic (exact) mass is 305 g/mol. The fourth-order valence-electron chi connectivity index (χ4n) is 1.78. The molecule has 0 N–H and O–H groups in total. The maximum Gasteiger partial charge on any atom is 0.246 e. The van der Waals surface area contributed by atoms with Crippen LogP contribution in [0, 0.1) is 0 Å². The second-order valence-corrected chi connectivity index (χ2v) is 5.79. The average Bonchev–Trinajstić information content (AvgIpc) is 2.97. The number of nitrogens with zero attached hydrogens (tertiary/aromatic N) is 1. The van der Waals surface area contributed by atoms with Crippen molar-refractivity contribution in [2.45, 2.75) is 13.5 Å². The van der Waals surface area contributed by atoms with Crippen LogP contribution in [-0.2, 0) is 11.3 Å². The molecule has 0 radical (unpaired) electrons. The second kappa shape index (κ2) is 7.27. The van der Waals surface area contributed by atoms with Gasteiger partial charge >= 0.3 is 0 Å². The maximum absolute atomic E-state index is 12.2. The van der Waals surface area contributed by atoms with Crippen LogP contribution in [0.5, 0.6) is 0 Å². The number of benzene rings is 1. The number of rotatable bonds is 5. The van der Waals surface area contributed by atoms with E-state index in [0.29, 0.717) is 18.1 Å². The number of carbonyl (C=O) groups excluding carboxylic acids is 1. The highest BCUT2D eigenvalue weighted by molar-refractivity contribution is 7.09. The van der Waals surface area contributed by atoms with E-state index in [9.17, 15) is 4.79 Å². The van der Waals surface area contributed by atoms with Crippen LogP contribution in [0.1, 0.15) is 17.4 Å². The lowest BCUT2D eigenvalue weighted by molar-refractivity contribution is -0.126. The van der Waals surface area contributed by atoms with E-state index in [0.717, 1.165) is 5.56 Å². The van der Waals surface area contributed by atoms with Gasteiger partial charge in [0.2, 0.25) is 5.91 Å². The molecule has 0 saturated heterocycles. The summed E-state index contributed by atoms with van der Waals surface area (Å²) in [6, 6.07) is 11.5. The molecule has 4 heteroatoms. The Kier molecular flexibility index (Phi) is 5.39. The van der Waals surface area contributed by atoms with Gasteiger partial charge in [-0.3, -0.25) is 4.79 Å². The summed E-state index contributed by atoms with van der Waals surface area (Å²) in [5, 5.41) is 2.72. The number of carbonyl (C=O) groups is 1. The molecule has 0 bridgehead atoms.